The van der Waals surface area contributed by atoms with Crippen LogP contribution in [-0.2, 0) is 14.3 Å². The number of aldehydes is 1. The summed E-state index contributed by atoms with van der Waals surface area (Å²) in [7, 11) is 0. The van der Waals surface area contributed by atoms with Gasteiger partial charge in [0.2, 0.25) is 0 Å². The molecule has 96 valence electrons. The predicted octanol–water partition coefficient (Wildman–Crippen LogP) is 2.75. The Bertz CT molecular complexity index is 334. The molecule has 1 saturated carbocycles. The lowest BCUT2D eigenvalue weighted by Crippen LogP contribution is -2.26. The van der Waals surface area contributed by atoms with Gasteiger partial charge in [-0.2, -0.15) is 0 Å². The van der Waals surface area contributed by atoms with E-state index in [2.05, 4.69) is 13.8 Å². The van der Waals surface area contributed by atoms with Crippen molar-refractivity contribution < 1.29 is 14.3 Å². The molecule has 0 aromatic carbocycles. The van der Waals surface area contributed by atoms with E-state index in [4.69, 9.17) is 4.74 Å². The van der Waals surface area contributed by atoms with E-state index in [0.29, 0.717) is 6.42 Å². The van der Waals surface area contributed by atoms with Gasteiger partial charge in [-0.05, 0) is 32.1 Å². The molecule has 0 aromatic rings. The van der Waals surface area contributed by atoms with Gasteiger partial charge in [0.25, 0.3) is 0 Å². The summed E-state index contributed by atoms with van der Waals surface area (Å²) in [6.45, 7) is 9.72. The maximum Gasteiger partial charge on any atom is 0.310 e. The number of carbonyl (C=O) groups is 2. The van der Waals surface area contributed by atoms with Crippen LogP contribution in [0.25, 0.3) is 0 Å². The topological polar surface area (TPSA) is 43.4 Å². The number of hydrogen-bond acceptors (Lipinski definition) is 3. The smallest absolute Gasteiger partial charge is 0.310 e. The molecule has 0 spiro atoms. The standard InChI is InChI=1S/C14H22O3/c1-13(2,3)17-12(16)11-10(14(11,4)5)8-6-7-9-15/h6,8-11H,7H2,1-5H3. The zero-order chi connectivity index (χ0) is 13.3. The maximum atomic E-state index is 12.0. The molecule has 1 rings (SSSR count). The Morgan fingerprint density at radius 3 is 2.41 bits per heavy atom. The lowest BCUT2D eigenvalue weighted by atomic mass is 10.1. The average molecular weight is 238 g/mol. The summed E-state index contributed by atoms with van der Waals surface area (Å²) < 4.78 is 5.39. The molecule has 0 N–H and O–H groups in total. The van der Waals surface area contributed by atoms with Crippen molar-refractivity contribution in [1.29, 1.82) is 0 Å². The van der Waals surface area contributed by atoms with Crippen LogP contribution in [0.4, 0.5) is 0 Å². The fourth-order valence-corrected chi connectivity index (χ4v) is 2.13. The van der Waals surface area contributed by atoms with E-state index in [0.717, 1.165) is 6.29 Å². The molecule has 3 nitrogen and oxygen atoms in total. The van der Waals surface area contributed by atoms with E-state index in [1.54, 1.807) is 0 Å². The number of rotatable bonds is 4. The van der Waals surface area contributed by atoms with Crippen LogP contribution in [0.2, 0.25) is 0 Å². The third-order valence-corrected chi connectivity index (χ3v) is 3.15. The van der Waals surface area contributed by atoms with E-state index in [-0.39, 0.29) is 23.2 Å². The minimum atomic E-state index is -0.438. The first kappa shape index (κ1) is 13.9. The van der Waals surface area contributed by atoms with Crippen LogP contribution in [0, 0.1) is 17.3 Å². The van der Waals surface area contributed by atoms with Crippen LogP contribution in [0.5, 0.6) is 0 Å². The second kappa shape index (κ2) is 4.63. The highest BCUT2D eigenvalue weighted by atomic mass is 16.6. The van der Waals surface area contributed by atoms with E-state index in [9.17, 15) is 9.59 Å². The zero-order valence-corrected chi connectivity index (χ0v) is 11.3. The van der Waals surface area contributed by atoms with Gasteiger partial charge in [0.15, 0.2) is 0 Å². The Morgan fingerprint density at radius 2 is 1.94 bits per heavy atom. The molecular weight excluding hydrogens is 216 g/mol. The van der Waals surface area contributed by atoms with Crippen molar-refractivity contribution in [3.8, 4) is 0 Å². The van der Waals surface area contributed by atoms with Gasteiger partial charge in [0.1, 0.15) is 11.9 Å². The molecule has 0 heterocycles. The molecule has 1 aliphatic carbocycles. The Labute approximate surface area is 103 Å². The molecule has 2 unspecified atom stereocenters. The van der Waals surface area contributed by atoms with E-state index in [1.165, 1.54) is 0 Å². The van der Waals surface area contributed by atoms with Gasteiger partial charge >= 0.3 is 5.97 Å². The molecule has 2 atom stereocenters. The predicted molar refractivity (Wildman–Crippen MR) is 66.4 cm³/mol. The highest BCUT2D eigenvalue weighted by Gasteiger charge is 2.61. The highest BCUT2D eigenvalue weighted by Crippen LogP contribution is 2.59. The highest BCUT2D eigenvalue weighted by molar-refractivity contribution is 5.78. The molecular formula is C14H22O3. The van der Waals surface area contributed by atoms with Gasteiger partial charge in [-0.25, -0.2) is 0 Å². The summed E-state index contributed by atoms with van der Waals surface area (Å²) >= 11 is 0. The van der Waals surface area contributed by atoms with Crippen LogP contribution in [0.3, 0.4) is 0 Å². The van der Waals surface area contributed by atoms with Crippen molar-refractivity contribution in [2.75, 3.05) is 0 Å². The molecule has 1 aliphatic rings. The van der Waals surface area contributed by atoms with Gasteiger partial charge in [0.05, 0.1) is 5.92 Å². The Kier molecular flexibility index (Phi) is 3.80. The number of hydrogen-bond donors (Lipinski definition) is 0. The maximum absolute atomic E-state index is 12.0. The summed E-state index contributed by atoms with van der Waals surface area (Å²) in [4.78, 5) is 22.2. The lowest BCUT2D eigenvalue weighted by molar-refractivity contribution is -0.157. The van der Waals surface area contributed by atoms with Crippen LogP contribution in [-0.4, -0.2) is 17.9 Å². The van der Waals surface area contributed by atoms with Crippen LogP contribution >= 0.6 is 0 Å². The zero-order valence-electron chi connectivity index (χ0n) is 11.3. The Balaban J connectivity index is 2.61. The largest absolute Gasteiger partial charge is 0.460 e. The van der Waals surface area contributed by atoms with E-state index >= 15 is 0 Å². The second-order valence-corrected chi connectivity index (χ2v) is 6.19. The van der Waals surface area contributed by atoms with Gasteiger partial charge in [-0.15, -0.1) is 0 Å². The Morgan fingerprint density at radius 1 is 1.35 bits per heavy atom. The fraction of sp³-hybridized carbons (Fsp3) is 0.714. The molecule has 1 fully saturated rings. The van der Waals surface area contributed by atoms with Gasteiger partial charge in [-0.1, -0.05) is 26.0 Å². The van der Waals surface area contributed by atoms with Gasteiger partial charge in [0, 0.05) is 6.42 Å². The first-order chi connectivity index (χ1) is 7.70. The molecule has 0 amide bonds. The van der Waals surface area contributed by atoms with Gasteiger partial charge < -0.3 is 9.53 Å². The summed E-state index contributed by atoms with van der Waals surface area (Å²) in [5.41, 5.74) is -0.492. The number of carbonyl (C=O) groups excluding carboxylic acids is 2. The molecule has 3 heteroatoms. The van der Waals surface area contributed by atoms with Crippen LogP contribution in [0.1, 0.15) is 41.0 Å². The van der Waals surface area contributed by atoms with Crippen molar-refractivity contribution in [3.63, 3.8) is 0 Å². The second-order valence-electron chi connectivity index (χ2n) is 6.19. The quantitative estimate of drug-likeness (QED) is 0.429. The molecule has 17 heavy (non-hydrogen) atoms. The van der Waals surface area contributed by atoms with Crippen molar-refractivity contribution in [3.05, 3.63) is 12.2 Å². The summed E-state index contributed by atoms with van der Waals surface area (Å²) in [6, 6.07) is 0. The monoisotopic (exact) mass is 238 g/mol. The molecule has 0 aromatic heterocycles. The van der Waals surface area contributed by atoms with Crippen molar-refractivity contribution in [1.82, 2.24) is 0 Å². The first-order valence-corrected chi connectivity index (χ1v) is 6.03. The first-order valence-electron chi connectivity index (χ1n) is 6.03. The normalized spacial score (nSPS) is 26.9. The molecule has 0 radical (unpaired) electrons. The van der Waals surface area contributed by atoms with Crippen molar-refractivity contribution in [2.24, 2.45) is 17.3 Å². The molecule has 0 bridgehead atoms. The molecule has 0 aliphatic heterocycles. The van der Waals surface area contributed by atoms with Crippen LogP contribution < -0.4 is 0 Å². The molecule has 0 saturated heterocycles. The summed E-state index contributed by atoms with van der Waals surface area (Å²) in [5, 5.41) is 0. The van der Waals surface area contributed by atoms with Crippen molar-refractivity contribution in [2.45, 2.75) is 46.6 Å². The average Bonchev–Trinajstić information content (AvgIpc) is 2.66. The summed E-state index contributed by atoms with van der Waals surface area (Å²) in [5.74, 6) is -0.0230. The van der Waals surface area contributed by atoms with Crippen LogP contribution in [0.15, 0.2) is 12.2 Å². The minimum absolute atomic E-state index is 0.0539. The lowest BCUT2D eigenvalue weighted by Gasteiger charge is -2.19. The minimum Gasteiger partial charge on any atom is -0.460 e. The number of esters is 1. The summed E-state index contributed by atoms with van der Waals surface area (Å²) in [6.07, 6.45) is 5.05. The van der Waals surface area contributed by atoms with Crippen molar-refractivity contribution >= 4 is 12.3 Å². The Hall–Kier alpha value is -1.12. The van der Waals surface area contributed by atoms with Gasteiger partial charge in [-0.3, -0.25) is 4.79 Å². The third kappa shape index (κ3) is 3.42. The van der Waals surface area contributed by atoms with E-state index < -0.39 is 5.60 Å². The SMILES string of the molecule is CC(C)(C)OC(=O)C1C(C=CCC=O)C1(C)C. The third-order valence-electron chi connectivity index (χ3n) is 3.15. The van der Waals surface area contributed by atoms with E-state index in [1.807, 2.05) is 32.9 Å². The number of allylic oxidation sites excluding steroid dienone is 2. The fourth-order valence-electron chi connectivity index (χ4n) is 2.13. The number of ether oxygens (including phenoxy) is 1.